The minimum Gasteiger partial charge on any atom is -0.508 e. The van der Waals surface area contributed by atoms with Crippen LogP contribution in [0.25, 0.3) is 0 Å². The molecule has 0 aromatic heterocycles. The molecular formula is C33H46F5NO2S. The minimum absolute atomic E-state index is 0.134. The van der Waals surface area contributed by atoms with Gasteiger partial charge >= 0.3 is 12.1 Å². The number of phenolic OH excluding ortho intramolecular Hbond substituents is 1. The normalized spacial score (nSPS) is 31.7. The number of carbonyl (C=O) groups excluding carboxylic acids is 1. The van der Waals surface area contributed by atoms with Gasteiger partial charge in [-0.1, -0.05) is 25.8 Å². The summed E-state index contributed by atoms with van der Waals surface area (Å²) >= 11 is 1.50. The number of rotatable bonds is 12. The molecule has 2 saturated carbocycles. The monoisotopic (exact) mass is 615 g/mol. The van der Waals surface area contributed by atoms with Crippen molar-refractivity contribution in [2.24, 2.45) is 23.2 Å². The van der Waals surface area contributed by atoms with Crippen molar-refractivity contribution in [1.29, 1.82) is 0 Å². The molecule has 1 aromatic rings. The van der Waals surface area contributed by atoms with E-state index in [1.807, 2.05) is 12.1 Å². The molecule has 9 heteroatoms. The highest BCUT2D eigenvalue weighted by molar-refractivity contribution is 7.99. The lowest BCUT2D eigenvalue weighted by atomic mass is 9.52. The molecule has 42 heavy (non-hydrogen) atoms. The van der Waals surface area contributed by atoms with Crippen LogP contribution in [0.3, 0.4) is 0 Å². The number of hydrogen-bond acceptors (Lipinski definition) is 4. The Morgan fingerprint density at radius 1 is 1.07 bits per heavy atom. The first-order valence-corrected chi connectivity index (χ1v) is 17.2. The van der Waals surface area contributed by atoms with E-state index in [0.717, 1.165) is 89.5 Å². The summed E-state index contributed by atoms with van der Waals surface area (Å²) in [5.41, 5.74) is 2.51. The second kappa shape index (κ2) is 12.9. The summed E-state index contributed by atoms with van der Waals surface area (Å²) in [5.74, 6) is -0.700. The molecular weight excluding hydrogens is 569 g/mol. The third-order valence-corrected chi connectivity index (χ3v) is 12.3. The first-order valence-electron chi connectivity index (χ1n) is 16.0. The van der Waals surface area contributed by atoms with Gasteiger partial charge < -0.3 is 5.11 Å². The molecule has 236 valence electrons. The average Bonchev–Trinajstić information content (AvgIpc) is 3.50. The third-order valence-electron chi connectivity index (χ3n) is 11.1. The van der Waals surface area contributed by atoms with Crippen LogP contribution in [0.2, 0.25) is 0 Å². The largest absolute Gasteiger partial charge is 0.508 e. The standard InChI is InChI=1S/C33H46F5NO2S/c1-31-15-13-27-26-10-9-25(40)20-23(26)19-22(30(27)28(31)11-12-29(31)41)7-3-2-4-16-39-17-5-8-24(39)21-42-18-6-14-32(34,35)33(36,37)38/h9-10,20,22,24,27-28,30,40H,2-8,11-19,21H2,1H3/t22-,24-,27-,28+,30-,31+/m1/s1. The van der Waals surface area contributed by atoms with Gasteiger partial charge in [0, 0.05) is 30.1 Å². The highest BCUT2D eigenvalue weighted by Crippen LogP contribution is 2.61. The van der Waals surface area contributed by atoms with E-state index >= 15 is 0 Å². The van der Waals surface area contributed by atoms with Crippen molar-refractivity contribution in [2.75, 3.05) is 24.6 Å². The molecule has 5 rings (SSSR count). The molecule has 0 radical (unpaired) electrons. The fourth-order valence-electron chi connectivity index (χ4n) is 8.87. The Morgan fingerprint density at radius 3 is 2.67 bits per heavy atom. The first kappa shape index (κ1) is 32.1. The molecule has 1 aromatic carbocycles. The Kier molecular flexibility index (Phi) is 9.88. The number of Topliss-reactive ketones (excluding diaryl/α,β-unsaturated/α-hetero) is 1. The number of unbranched alkanes of at least 4 members (excludes halogenated alkanes) is 2. The van der Waals surface area contributed by atoms with Crippen molar-refractivity contribution in [3.8, 4) is 5.75 Å². The van der Waals surface area contributed by atoms with Crippen LogP contribution < -0.4 is 0 Å². The number of carbonyl (C=O) groups is 1. The number of nitrogens with zero attached hydrogens (tertiary/aromatic N) is 1. The smallest absolute Gasteiger partial charge is 0.453 e. The molecule has 0 bridgehead atoms. The summed E-state index contributed by atoms with van der Waals surface area (Å²) in [5, 5.41) is 10.2. The van der Waals surface area contributed by atoms with Crippen molar-refractivity contribution < 1.29 is 31.9 Å². The summed E-state index contributed by atoms with van der Waals surface area (Å²) in [6.45, 7) is 4.24. The Labute approximate surface area is 251 Å². The van der Waals surface area contributed by atoms with Gasteiger partial charge in [0.25, 0.3) is 0 Å². The lowest BCUT2D eigenvalue weighted by Gasteiger charge is -2.51. The van der Waals surface area contributed by atoms with E-state index in [1.165, 1.54) is 22.9 Å². The second-order valence-electron chi connectivity index (χ2n) is 13.6. The minimum atomic E-state index is -5.46. The third kappa shape index (κ3) is 6.67. The SMILES string of the molecule is C[C@]12CC[C@@H]3c4ccc(O)cc4C[C@@H](CCCCCN4CCC[C@@H]4CSCCCC(F)(F)C(F)(F)F)[C@H]3[C@@H]1CCC2=O. The summed E-state index contributed by atoms with van der Waals surface area (Å²) in [6, 6.07) is 6.28. The van der Waals surface area contributed by atoms with E-state index in [9.17, 15) is 31.9 Å². The molecule has 3 nitrogen and oxygen atoms in total. The summed E-state index contributed by atoms with van der Waals surface area (Å²) in [4.78, 5) is 15.4. The Bertz CT molecular complexity index is 1100. The van der Waals surface area contributed by atoms with Crippen molar-refractivity contribution >= 4 is 17.5 Å². The number of hydrogen-bond donors (Lipinski definition) is 1. The number of ketones is 1. The Hall–Kier alpha value is -1.35. The average molecular weight is 616 g/mol. The fourth-order valence-corrected chi connectivity index (χ4v) is 10.0. The van der Waals surface area contributed by atoms with Gasteiger partial charge in [0.15, 0.2) is 0 Å². The van der Waals surface area contributed by atoms with Gasteiger partial charge in [-0.2, -0.15) is 33.7 Å². The van der Waals surface area contributed by atoms with E-state index in [2.05, 4.69) is 17.9 Å². The molecule has 0 spiro atoms. The van der Waals surface area contributed by atoms with E-state index < -0.39 is 18.5 Å². The van der Waals surface area contributed by atoms with E-state index in [4.69, 9.17) is 0 Å². The zero-order valence-corrected chi connectivity index (χ0v) is 25.6. The number of thioether (sulfide) groups is 1. The first-order chi connectivity index (χ1) is 19.9. The maximum atomic E-state index is 13.1. The molecule has 0 unspecified atom stereocenters. The number of aromatic hydroxyl groups is 1. The number of fused-ring (bicyclic) bond motifs is 5. The molecule has 6 atom stereocenters. The van der Waals surface area contributed by atoms with E-state index in [-0.39, 0.29) is 11.8 Å². The predicted molar refractivity (Wildman–Crippen MR) is 157 cm³/mol. The number of alkyl halides is 5. The number of likely N-dealkylation sites (tertiary alicyclic amines) is 1. The van der Waals surface area contributed by atoms with Gasteiger partial charge in [-0.3, -0.25) is 9.69 Å². The molecule has 1 saturated heterocycles. The molecule has 1 heterocycles. The van der Waals surface area contributed by atoms with Crippen molar-refractivity contribution in [3.63, 3.8) is 0 Å². The van der Waals surface area contributed by atoms with Crippen LogP contribution in [-0.2, 0) is 11.2 Å². The van der Waals surface area contributed by atoms with Crippen LogP contribution in [0.5, 0.6) is 5.75 Å². The molecule has 1 aliphatic heterocycles. The van der Waals surface area contributed by atoms with Crippen LogP contribution in [-0.4, -0.2) is 58.5 Å². The highest BCUT2D eigenvalue weighted by Gasteiger charge is 2.57. The van der Waals surface area contributed by atoms with Crippen molar-refractivity contribution in [2.45, 2.75) is 114 Å². The molecule has 1 N–H and O–H groups in total. The number of halogens is 5. The fraction of sp³-hybridized carbons (Fsp3) is 0.788. The van der Waals surface area contributed by atoms with Crippen LogP contribution in [0.4, 0.5) is 22.0 Å². The Balaban J connectivity index is 1.08. The van der Waals surface area contributed by atoms with Crippen molar-refractivity contribution in [3.05, 3.63) is 29.3 Å². The van der Waals surface area contributed by atoms with Gasteiger partial charge in [-0.05, 0) is 124 Å². The second-order valence-corrected chi connectivity index (χ2v) is 14.8. The van der Waals surface area contributed by atoms with Gasteiger partial charge in [-0.25, -0.2) is 0 Å². The lowest BCUT2D eigenvalue weighted by Crippen LogP contribution is -2.46. The topological polar surface area (TPSA) is 40.5 Å². The summed E-state index contributed by atoms with van der Waals surface area (Å²) in [7, 11) is 0. The molecule has 0 amide bonds. The number of benzene rings is 1. The lowest BCUT2D eigenvalue weighted by molar-refractivity contribution is -0.284. The van der Waals surface area contributed by atoms with Crippen LogP contribution >= 0.6 is 11.8 Å². The highest BCUT2D eigenvalue weighted by atomic mass is 32.2. The van der Waals surface area contributed by atoms with Gasteiger partial charge in [-0.15, -0.1) is 0 Å². The zero-order chi connectivity index (χ0) is 30.1. The maximum Gasteiger partial charge on any atom is 0.453 e. The van der Waals surface area contributed by atoms with Crippen molar-refractivity contribution in [1.82, 2.24) is 4.90 Å². The van der Waals surface area contributed by atoms with Crippen LogP contribution in [0.15, 0.2) is 18.2 Å². The number of phenols is 1. The van der Waals surface area contributed by atoms with Gasteiger partial charge in [0.2, 0.25) is 0 Å². The predicted octanol–water partition coefficient (Wildman–Crippen LogP) is 8.78. The van der Waals surface area contributed by atoms with E-state index in [0.29, 0.717) is 47.0 Å². The van der Waals surface area contributed by atoms with Gasteiger partial charge in [0.1, 0.15) is 11.5 Å². The summed E-state index contributed by atoms with van der Waals surface area (Å²) < 4.78 is 63.3. The Morgan fingerprint density at radius 2 is 1.88 bits per heavy atom. The van der Waals surface area contributed by atoms with Crippen LogP contribution in [0, 0.1) is 23.2 Å². The zero-order valence-electron chi connectivity index (χ0n) is 24.7. The van der Waals surface area contributed by atoms with E-state index in [1.54, 1.807) is 0 Å². The summed E-state index contributed by atoms with van der Waals surface area (Å²) in [6.07, 6.45) is 4.67. The molecule has 3 fully saturated rings. The molecule has 3 aliphatic carbocycles. The van der Waals surface area contributed by atoms with Gasteiger partial charge in [0.05, 0.1) is 0 Å². The quantitative estimate of drug-likeness (QED) is 0.189. The maximum absolute atomic E-state index is 13.1. The molecule has 4 aliphatic rings. The van der Waals surface area contributed by atoms with Crippen LogP contribution in [0.1, 0.15) is 101 Å².